The van der Waals surface area contributed by atoms with Crippen LogP contribution in [0.25, 0.3) is 22.0 Å². The van der Waals surface area contributed by atoms with E-state index >= 15 is 0 Å². The van der Waals surface area contributed by atoms with Crippen LogP contribution in [0.4, 0.5) is 4.39 Å². The fourth-order valence-electron chi connectivity index (χ4n) is 2.41. The number of fused-ring (bicyclic) bond motifs is 1. The van der Waals surface area contributed by atoms with Gasteiger partial charge < -0.3 is 4.90 Å². The monoisotopic (exact) mass is 362 g/mol. The number of hydrogen-bond donors (Lipinski definition) is 0. The van der Waals surface area contributed by atoms with Gasteiger partial charge >= 0.3 is 0 Å². The number of pyridine rings is 1. The largest absolute Gasteiger partial charge is 0.309 e. The van der Waals surface area contributed by atoms with Gasteiger partial charge in [-0.25, -0.2) is 9.37 Å². The van der Waals surface area contributed by atoms with Crippen molar-refractivity contribution in [1.82, 2.24) is 9.88 Å². The molecule has 0 fully saturated rings. The predicted octanol–water partition coefficient (Wildman–Crippen LogP) is 5.12. The van der Waals surface area contributed by atoms with E-state index in [0.29, 0.717) is 5.56 Å². The van der Waals surface area contributed by atoms with Crippen LogP contribution in [-0.2, 0) is 0 Å². The van der Waals surface area contributed by atoms with Crippen LogP contribution >= 0.6 is 24.2 Å². The fourth-order valence-corrected chi connectivity index (χ4v) is 3.54. The van der Waals surface area contributed by atoms with Gasteiger partial charge in [0.15, 0.2) is 0 Å². The fraction of sp³-hybridized carbons (Fsp3) is 0.211. The van der Waals surface area contributed by atoms with E-state index in [1.807, 2.05) is 56.6 Å². The summed E-state index contributed by atoms with van der Waals surface area (Å²) in [5.41, 5.74) is 2.42. The molecule has 0 amide bonds. The number of rotatable bonds is 5. The van der Waals surface area contributed by atoms with Crippen molar-refractivity contribution in [2.24, 2.45) is 0 Å². The van der Waals surface area contributed by atoms with Gasteiger partial charge in [-0.05, 0) is 32.3 Å². The highest BCUT2D eigenvalue weighted by Gasteiger charge is 2.13. The molecule has 0 aliphatic carbocycles. The van der Waals surface area contributed by atoms with Gasteiger partial charge in [0, 0.05) is 28.8 Å². The van der Waals surface area contributed by atoms with Gasteiger partial charge in [-0.1, -0.05) is 36.4 Å². The third-order valence-corrected chi connectivity index (χ3v) is 4.60. The number of nitrogens with zero attached hydrogens (tertiary/aromatic N) is 2. The van der Waals surface area contributed by atoms with Crippen molar-refractivity contribution < 1.29 is 4.39 Å². The average molecular weight is 363 g/mol. The van der Waals surface area contributed by atoms with E-state index in [9.17, 15) is 4.39 Å². The molecule has 0 atom stereocenters. The summed E-state index contributed by atoms with van der Waals surface area (Å²) in [5, 5.41) is 1.92. The second-order valence-corrected chi connectivity index (χ2v) is 6.75. The van der Waals surface area contributed by atoms with E-state index in [1.54, 1.807) is 17.8 Å². The summed E-state index contributed by atoms with van der Waals surface area (Å²) in [5.74, 6) is 0.707. The second kappa shape index (κ2) is 8.47. The maximum atomic E-state index is 14.3. The molecular weight excluding hydrogens is 343 g/mol. The molecule has 0 spiro atoms. The van der Waals surface area contributed by atoms with Gasteiger partial charge in [0.25, 0.3) is 0 Å². The number of para-hydroxylation sites is 1. The van der Waals surface area contributed by atoms with Crippen LogP contribution in [0.3, 0.4) is 0 Å². The Bertz CT molecular complexity index is 823. The van der Waals surface area contributed by atoms with Crippen molar-refractivity contribution in [2.75, 3.05) is 26.4 Å². The lowest BCUT2D eigenvalue weighted by Gasteiger charge is -2.13. The average Bonchev–Trinajstić information content (AvgIpc) is 2.54. The van der Waals surface area contributed by atoms with Crippen molar-refractivity contribution >= 4 is 35.1 Å². The molecule has 2 nitrogen and oxygen atoms in total. The van der Waals surface area contributed by atoms with Crippen LogP contribution < -0.4 is 0 Å². The second-order valence-electron chi connectivity index (χ2n) is 5.67. The molecular formula is C19H20ClFN2S. The molecule has 5 heteroatoms. The lowest BCUT2D eigenvalue weighted by atomic mass is 10.0. The van der Waals surface area contributed by atoms with Crippen LogP contribution in [0, 0.1) is 5.82 Å². The van der Waals surface area contributed by atoms with Crippen molar-refractivity contribution in [2.45, 2.75) is 5.03 Å². The van der Waals surface area contributed by atoms with E-state index in [0.717, 1.165) is 33.8 Å². The molecule has 0 saturated heterocycles. The number of aromatic nitrogens is 1. The third kappa shape index (κ3) is 4.26. The number of hydrogen-bond acceptors (Lipinski definition) is 3. The Kier molecular flexibility index (Phi) is 6.60. The molecule has 3 aromatic rings. The van der Waals surface area contributed by atoms with Gasteiger partial charge in [0.2, 0.25) is 0 Å². The van der Waals surface area contributed by atoms with E-state index in [1.165, 1.54) is 6.07 Å². The molecule has 1 heterocycles. The van der Waals surface area contributed by atoms with Crippen LogP contribution in [0.2, 0.25) is 0 Å². The normalized spacial score (nSPS) is 10.8. The first kappa shape index (κ1) is 18.7. The Morgan fingerprint density at radius 1 is 1.00 bits per heavy atom. The molecule has 126 valence electrons. The third-order valence-electron chi connectivity index (χ3n) is 3.63. The number of halogens is 2. The SMILES string of the molecule is CN(C)CCSc1nc2ccccc2cc1-c1ccccc1F.Cl. The molecule has 0 unspecified atom stereocenters. The lowest BCUT2D eigenvalue weighted by Crippen LogP contribution is -2.14. The molecule has 0 saturated carbocycles. The van der Waals surface area contributed by atoms with Crippen molar-refractivity contribution in [3.05, 3.63) is 60.4 Å². The quantitative estimate of drug-likeness (QED) is 0.586. The summed E-state index contributed by atoms with van der Waals surface area (Å²) >= 11 is 1.67. The summed E-state index contributed by atoms with van der Waals surface area (Å²) in [6.07, 6.45) is 0. The molecule has 0 aliphatic rings. The first-order chi connectivity index (χ1) is 11.1. The standard InChI is InChI=1S/C19H19FN2S.ClH/c1-22(2)11-12-23-19-16(15-8-4-5-9-17(15)20)13-14-7-3-6-10-18(14)21-19;/h3-10,13H,11-12H2,1-2H3;1H. The Morgan fingerprint density at radius 3 is 2.46 bits per heavy atom. The van der Waals surface area contributed by atoms with Crippen LogP contribution in [0.1, 0.15) is 0 Å². The van der Waals surface area contributed by atoms with Gasteiger partial charge in [-0.3, -0.25) is 0 Å². The van der Waals surface area contributed by atoms with Crippen LogP contribution in [-0.4, -0.2) is 36.3 Å². The first-order valence-electron chi connectivity index (χ1n) is 7.57. The topological polar surface area (TPSA) is 16.1 Å². The van der Waals surface area contributed by atoms with E-state index < -0.39 is 0 Å². The summed E-state index contributed by atoms with van der Waals surface area (Å²) in [7, 11) is 4.10. The summed E-state index contributed by atoms with van der Waals surface area (Å²) in [6.45, 7) is 0.954. The maximum absolute atomic E-state index is 14.3. The van der Waals surface area contributed by atoms with Gasteiger partial charge in [0.05, 0.1) is 5.52 Å². The van der Waals surface area contributed by atoms with Crippen LogP contribution in [0.5, 0.6) is 0 Å². The molecule has 2 aromatic carbocycles. The minimum absolute atomic E-state index is 0. The Labute approximate surface area is 152 Å². The van der Waals surface area contributed by atoms with Gasteiger partial charge in [-0.2, -0.15) is 0 Å². The smallest absolute Gasteiger partial charge is 0.131 e. The van der Waals surface area contributed by atoms with E-state index in [4.69, 9.17) is 4.98 Å². The minimum atomic E-state index is -0.209. The first-order valence-corrected chi connectivity index (χ1v) is 8.56. The lowest BCUT2D eigenvalue weighted by molar-refractivity contribution is 0.437. The number of benzene rings is 2. The van der Waals surface area contributed by atoms with Gasteiger partial charge in [0.1, 0.15) is 10.8 Å². The zero-order chi connectivity index (χ0) is 16.2. The molecule has 0 bridgehead atoms. The number of thioether (sulfide) groups is 1. The highest BCUT2D eigenvalue weighted by molar-refractivity contribution is 7.99. The van der Waals surface area contributed by atoms with Crippen LogP contribution in [0.15, 0.2) is 59.6 Å². The molecule has 0 aliphatic heterocycles. The molecule has 0 N–H and O–H groups in total. The summed E-state index contributed by atoms with van der Waals surface area (Å²) in [4.78, 5) is 6.90. The minimum Gasteiger partial charge on any atom is -0.309 e. The van der Waals surface area contributed by atoms with Crippen molar-refractivity contribution in [1.29, 1.82) is 0 Å². The molecule has 3 rings (SSSR count). The highest BCUT2D eigenvalue weighted by Crippen LogP contribution is 2.34. The highest BCUT2D eigenvalue weighted by atomic mass is 35.5. The van der Waals surface area contributed by atoms with Gasteiger partial charge in [-0.15, -0.1) is 24.2 Å². The van der Waals surface area contributed by atoms with E-state index in [2.05, 4.69) is 4.90 Å². The Balaban J connectivity index is 0.00000208. The zero-order valence-corrected chi connectivity index (χ0v) is 15.3. The summed E-state index contributed by atoms with van der Waals surface area (Å²) < 4.78 is 14.3. The maximum Gasteiger partial charge on any atom is 0.131 e. The predicted molar refractivity (Wildman–Crippen MR) is 104 cm³/mol. The van der Waals surface area contributed by atoms with Crippen molar-refractivity contribution in [3.8, 4) is 11.1 Å². The Hall–Kier alpha value is -1.62. The van der Waals surface area contributed by atoms with Crippen molar-refractivity contribution in [3.63, 3.8) is 0 Å². The zero-order valence-electron chi connectivity index (χ0n) is 13.7. The van der Waals surface area contributed by atoms with E-state index in [-0.39, 0.29) is 18.2 Å². The Morgan fingerprint density at radius 2 is 1.71 bits per heavy atom. The molecule has 1 aromatic heterocycles. The molecule has 24 heavy (non-hydrogen) atoms. The molecule has 0 radical (unpaired) electrons. The summed E-state index contributed by atoms with van der Waals surface area (Å²) in [6, 6.07) is 16.9.